The van der Waals surface area contributed by atoms with Crippen molar-refractivity contribution in [3.8, 4) is 0 Å². The first-order valence-corrected chi connectivity index (χ1v) is 7.52. The summed E-state index contributed by atoms with van der Waals surface area (Å²) < 4.78 is 38.3. The molecule has 21 heavy (non-hydrogen) atoms. The quantitative estimate of drug-likeness (QED) is 0.781. The van der Waals surface area contributed by atoms with E-state index in [1.807, 2.05) is 20.8 Å². The van der Waals surface area contributed by atoms with Gasteiger partial charge < -0.3 is 10.6 Å². The standard InChI is InChI=1S/C15H29F3N2O/c1-6-12(7-2)20(10-15(16,17)18)13(21)11(9-19)8-14(3,4)5/h11-12H,6-10,19H2,1-5H3. The summed E-state index contributed by atoms with van der Waals surface area (Å²) in [6, 6.07) is -0.395. The Kier molecular flexibility index (Phi) is 7.71. The second-order valence-corrected chi connectivity index (χ2v) is 6.75. The molecule has 1 atom stereocenters. The lowest BCUT2D eigenvalue weighted by Crippen LogP contribution is -2.49. The summed E-state index contributed by atoms with van der Waals surface area (Å²) in [4.78, 5) is 13.5. The van der Waals surface area contributed by atoms with Crippen LogP contribution in [0.25, 0.3) is 0 Å². The Morgan fingerprint density at radius 1 is 1.14 bits per heavy atom. The van der Waals surface area contributed by atoms with Gasteiger partial charge in [0.1, 0.15) is 6.54 Å². The molecule has 6 heteroatoms. The van der Waals surface area contributed by atoms with E-state index in [1.54, 1.807) is 13.8 Å². The van der Waals surface area contributed by atoms with Crippen LogP contribution < -0.4 is 5.73 Å². The zero-order valence-corrected chi connectivity index (χ0v) is 13.8. The maximum Gasteiger partial charge on any atom is 0.406 e. The predicted octanol–water partition coefficient (Wildman–Crippen LogP) is 3.58. The summed E-state index contributed by atoms with van der Waals surface area (Å²) in [6.45, 7) is 8.33. The van der Waals surface area contributed by atoms with Gasteiger partial charge in [0.05, 0.1) is 5.92 Å². The van der Waals surface area contributed by atoms with Crippen LogP contribution >= 0.6 is 0 Å². The van der Waals surface area contributed by atoms with E-state index in [4.69, 9.17) is 5.73 Å². The van der Waals surface area contributed by atoms with Crippen molar-refractivity contribution in [1.29, 1.82) is 0 Å². The lowest BCUT2D eigenvalue weighted by Gasteiger charge is -2.35. The third-order valence-corrected chi connectivity index (χ3v) is 3.51. The van der Waals surface area contributed by atoms with Crippen molar-refractivity contribution in [3.05, 3.63) is 0 Å². The minimum atomic E-state index is -4.39. The van der Waals surface area contributed by atoms with Crippen LogP contribution in [-0.2, 0) is 4.79 Å². The topological polar surface area (TPSA) is 46.3 Å². The highest BCUT2D eigenvalue weighted by Gasteiger charge is 2.38. The molecule has 0 bridgehead atoms. The smallest absolute Gasteiger partial charge is 0.330 e. The highest BCUT2D eigenvalue weighted by molar-refractivity contribution is 5.79. The van der Waals surface area contributed by atoms with Gasteiger partial charge in [-0.25, -0.2) is 0 Å². The molecule has 0 aliphatic rings. The second kappa shape index (κ2) is 8.01. The molecular weight excluding hydrogens is 281 g/mol. The fourth-order valence-electron chi connectivity index (χ4n) is 2.55. The van der Waals surface area contributed by atoms with E-state index in [9.17, 15) is 18.0 Å². The molecular formula is C15H29F3N2O. The molecule has 0 rings (SSSR count). The van der Waals surface area contributed by atoms with E-state index in [1.165, 1.54) is 0 Å². The van der Waals surface area contributed by atoms with Gasteiger partial charge in [0.25, 0.3) is 0 Å². The van der Waals surface area contributed by atoms with Crippen LogP contribution in [0.4, 0.5) is 13.2 Å². The van der Waals surface area contributed by atoms with Crippen LogP contribution in [0.5, 0.6) is 0 Å². The maximum atomic E-state index is 12.8. The zero-order valence-electron chi connectivity index (χ0n) is 13.8. The Hall–Kier alpha value is -0.780. The lowest BCUT2D eigenvalue weighted by atomic mass is 9.83. The first-order valence-electron chi connectivity index (χ1n) is 7.52. The number of nitrogens with zero attached hydrogens (tertiary/aromatic N) is 1. The molecule has 1 unspecified atom stereocenters. The number of carbonyl (C=O) groups is 1. The third-order valence-electron chi connectivity index (χ3n) is 3.51. The minimum Gasteiger partial charge on any atom is -0.330 e. The van der Waals surface area contributed by atoms with Gasteiger partial charge in [0, 0.05) is 12.6 Å². The van der Waals surface area contributed by atoms with Crippen molar-refractivity contribution in [1.82, 2.24) is 4.90 Å². The van der Waals surface area contributed by atoms with Crippen molar-refractivity contribution < 1.29 is 18.0 Å². The molecule has 0 radical (unpaired) electrons. The Morgan fingerprint density at radius 2 is 1.62 bits per heavy atom. The van der Waals surface area contributed by atoms with E-state index < -0.39 is 30.6 Å². The lowest BCUT2D eigenvalue weighted by molar-refractivity contribution is -0.169. The number of rotatable bonds is 7. The van der Waals surface area contributed by atoms with Crippen molar-refractivity contribution in [3.63, 3.8) is 0 Å². The van der Waals surface area contributed by atoms with Gasteiger partial charge >= 0.3 is 6.18 Å². The molecule has 0 saturated carbocycles. The molecule has 0 aliphatic carbocycles. The van der Waals surface area contributed by atoms with Gasteiger partial charge in [-0.15, -0.1) is 0 Å². The number of amides is 1. The van der Waals surface area contributed by atoms with Crippen molar-refractivity contribution in [2.45, 2.75) is 66.1 Å². The first-order chi connectivity index (χ1) is 9.45. The van der Waals surface area contributed by atoms with Crippen molar-refractivity contribution in [2.75, 3.05) is 13.1 Å². The molecule has 2 N–H and O–H groups in total. The maximum absolute atomic E-state index is 12.8. The first kappa shape index (κ1) is 20.2. The van der Waals surface area contributed by atoms with E-state index in [2.05, 4.69) is 0 Å². The summed E-state index contributed by atoms with van der Waals surface area (Å²) in [7, 11) is 0. The zero-order chi connectivity index (χ0) is 16.8. The largest absolute Gasteiger partial charge is 0.406 e. The number of alkyl halides is 3. The van der Waals surface area contributed by atoms with Crippen molar-refractivity contribution >= 4 is 5.91 Å². The molecule has 0 heterocycles. The Bertz CT molecular complexity index is 320. The number of nitrogens with two attached hydrogens (primary N) is 1. The number of carbonyl (C=O) groups excluding carboxylic acids is 1. The molecule has 0 aromatic carbocycles. The molecule has 3 nitrogen and oxygen atoms in total. The summed E-state index contributed by atoms with van der Waals surface area (Å²) in [5.74, 6) is -1.04. The van der Waals surface area contributed by atoms with Gasteiger partial charge in [-0.2, -0.15) is 13.2 Å². The third kappa shape index (κ3) is 7.69. The highest BCUT2D eigenvalue weighted by Crippen LogP contribution is 2.28. The number of halogens is 3. The predicted molar refractivity (Wildman–Crippen MR) is 78.8 cm³/mol. The van der Waals surface area contributed by atoms with Crippen molar-refractivity contribution in [2.24, 2.45) is 17.1 Å². The molecule has 1 amide bonds. The molecule has 0 aromatic rings. The minimum absolute atomic E-state index is 0.0740. The van der Waals surface area contributed by atoms with Crippen LogP contribution in [0.15, 0.2) is 0 Å². The summed E-state index contributed by atoms with van der Waals surface area (Å²) in [6.07, 6.45) is -2.90. The van der Waals surface area contributed by atoms with Gasteiger partial charge in [0.15, 0.2) is 0 Å². The van der Waals surface area contributed by atoms with E-state index in [0.29, 0.717) is 19.3 Å². The SMILES string of the molecule is CCC(CC)N(CC(F)(F)F)C(=O)C(CN)CC(C)(C)C. The van der Waals surface area contributed by atoms with Gasteiger partial charge in [-0.3, -0.25) is 4.79 Å². The molecule has 126 valence electrons. The molecule has 0 saturated heterocycles. The van der Waals surface area contributed by atoms with Crippen LogP contribution in [0, 0.1) is 11.3 Å². The molecule has 0 spiro atoms. The summed E-state index contributed by atoms with van der Waals surface area (Å²) in [5.41, 5.74) is 5.48. The number of hydrogen-bond donors (Lipinski definition) is 1. The van der Waals surface area contributed by atoms with E-state index in [-0.39, 0.29) is 12.0 Å². The summed E-state index contributed by atoms with van der Waals surface area (Å²) >= 11 is 0. The number of hydrogen-bond acceptors (Lipinski definition) is 2. The second-order valence-electron chi connectivity index (χ2n) is 6.75. The fraction of sp³-hybridized carbons (Fsp3) is 0.933. The molecule has 0 aliphatic heterocycles. The average molecular weight is 310 g/mol. The molecule has 0 aromatic heterocycles. The van der Waals surface area contributed by atoms with Crippen LogP contribution in [0.1, 0.15) is 53.9 Å². The Morgan fingerprint density at radius 3 is 1.90 bits per heavy atom. The van der Waals surface area contributed by atoms with E-state index >= 15 is 0 Å². The summed E-state index contributed by atoms with van der Waals surface area (Å²) in [5, 5.41) is 0. The fourth-order valence-corrected chi connectivity index (χ4v) is 2.55. The van der Waals surface area contributed by atoms with Gasteiger partial charge in [-0.05, 0) is 24.7 Å². The van der Waals surface area contributed by atoms with Crippen LogP contribution in [0.2, 0.25) is 0 Å². The Labute approximate surface area is 126 Å². The highest BCUT2D eigenvalue weighted by atomic mass is 19.4. The van der Waals surface area contributed by atoms with Crippen LogP contribution in [0.3, 0.4) is 0 Å². The normalized spacial score (nSPS) is 14.4. The molecule has 0 fully saturated rings. The van der Waals surface area contributed by atoms with E-state index in [0.717, 1.165) is 4.90 Å². The van der Waals surface area contributed by atoms with Crippen LogP contribution in [-0.4, -0.2) is 36.1 Å². The average Bonchev–Trinajstić information content (AvgIpc) is 2.32. The van der Waals surface area contributed by atoms with Gasteiger partial charge in [-0.1, -0.05) is 34.6 Å². The monoisotopic (exact) mass is 310 g/mol. The van der Waals surface area contributed by atoms with Gasteiger partial charge in [0.2, 0.25) is 5.91 Å². The Balaban J connectivity index is 5.24.